The molecule has 0 aliphatic carbocycles. The zero-order valence-electron chi connectivity index (χ0n) is 15.7. The van der Waals surface area contributed by atoms with Gasteiger partial charge in [0.05, 0.1) is 0 Å². The number of hydrogen-bond donors (Lipinski definition) is 3. The summed E-state index contributed by atoms with van der Waals surface area (Å²) < 4.78 is 5.94. The Labute approximate surface area is 167 Å². The highest BCUT2D eigenvalue weighted by Gasteiger charge is 2.13. The van der Waals surface area contributed by atoms with Crippen LogP contribution in [0.25, 0.3) is 10.8 Å². The van der Waals surface area contributed by atoms with Gasteiger partial charge in [0.15, 0.2) is 5.82 Å². The van der Waals surface area contributed by atoms with E-state index in [-0.39, 0.29) is 23.3 Å². The molecule has 1 amide bonds. The van der Waals surface area contributed by atoms with Gasteiger partial charge in [0.2, 0.25) is 5.88 Å². The van der Waals surface area contributed by atoms with Crippen LogP contribution >= 0.6 is 0 Å². The fourth-order valence-corrected chi connectivity index (χ4v) is 2.84. The Balaban J connectivity index is 1.53. The van der Waals surface area contributed by atoms with Crippen molar-refractivity contribution in [2.75, 3.05) is 11.2 Å². The molecule has 4 rings (SSSR count). The lowest BCUT2D eigenvalue weighted by molar-refractivity contribution is 0.0962. The summed E-state index contributed by atoms with van der Waals surface area (Å²) in [6.45, 7) is 1.96. The number of aryl methyl sites for hydroxylation is 1. The highest BCUT2D eigenvalue weighted by Crippen LogP contribution is 2.33. The van der Waals surface area contributed by atoms with E-state index in [0.717, 1.165) is 16.3 Å². The number of nitrogens with two attached hydrogens (primary N) is 1. The minimum Gasteiger partial charge on any atom is -0.436 e. The molecule has 0 spiro atoms. The number of anilines is 2. The van der Waals surface area contributed by atoms with Crippen molar-refractivity contribution in [2.45, 2.75) is 6.92 Å². The molecule has 0 aliphatic rings. The summed E-state index contributed by atoms with van der Waals surface area (Å²) in [5, 5.41) is 1.98. The van der Waals surface area contributed by atoms with Gasteiger partial charge in [-0.3, -0.25) is 15.6 Å². The van der Waals surface area contributed by atoms with Crippen LogP contribution < -0.4 is 21.3 Å². The molecule has 0 unspecified atom stereocenters. The maximum absolute atomic E-state index is 12.3. The number of ether oxygens (including phenoxy) is 1. The number of benzene rings is 3. The molecule has 1 heterocycles. The van der Waals surface area contributed by atoms with Crippen molar-refractivity contribution in [2.24, 2.45) is 0 Å². The molecule has 0 atom stereocenters. The number of rotatable bonds is 5. The Kier molecular flexibility index (Phi) is 4.94. The van der Waals surface area contributed by atoms with Gasteiger partial charge in [0.1, 0.15) is 17.8 Å². The van der Waals surface area contributed by atoms with E-state index >= 15 is 0 Å². The highest BCUT2D eigenvalue weighted by molar-refractivity contribution is 5.95. The first-order valence-corrected chi connectivity index (χ1v) is 9.01. The van der Waals surface area contributed by atoms with Crippen LogP contribution in [0.2, 0.25) is 0 Å². The Bertz CT molecular complexity index is 1170. The summed E-state index contributed by atoms with van der Waals surface area (Å²) in [5.74, 6) is 0.766. The summed E-state index contributed by atoms with van der Waals surface area (Å²) in [4.78, 5) is 20.5. The molecule has 0 fully saturated rings. The fourth-order valence-electron chi connectivity index (χ4n) is 2.84. The SMILES string of the molecule is Cc1ccc(C(=O)NNc2ncnc(Oc3cccc4ccccc34)c2N)cc1. The monoisotopic (exact) mass is 385 g/mol. The van der Waals surface area contributed by atoms with Crippen LogP contribution in [0.1, 0.15) is 15.9 Å². The molecule has 3 aromatic carbocycles. The first-order chi connectivity index (χ1) is 14.1. The van der Waals surface area contributed by atoms with Crippen molar-refractivity contribution >= 4 is 28.2 Å². The van der Waals surface area contributed by atoms with Gasteiger partial charge >= 0.3 is 0 Å². The average Bonchev–Trinajstić information content (AvgIpc) is 2.75. The second-order valence-corrected chi connectivity index (χ2v) is 6.47. The molecule has 0 saturated heterocycles. The van der Waals surface area contributed by atoms with Crippen molar-refractivity contribution in [3.63, 3.8) is 0 Å². The molecule has 1 aromatic heterocycles. The van der Waals surface area contributed by atoms with E-state index in [1.807, 2.05) is 61.5 Å². The van der Waals surface area contributed by atoms with Crippen LogP contribution in [0.5, 0.6) is 11.6 Å². The van der Waals surface area contributed by atoms with Gasteiger partial charge < -0.3 is 10.5 Å². The number of hydrazine groups is 1. The quantitative estimate of drug-likeness (QED) is 0.448. The molecule has 0 bridgehead atoms. The van der Waals surface area contributed by atoms with Crippen molar-refractivity contribution in [1.82, 2.24) is 15.4 Å². The lowest BCUT2D eigenvalue weighted by atomic mass is 10.1. The third kappa shape index (κ3) is 3.93. The third-order valence-electron chi connectivity index (χ3n) is 4.41. The van der Waals surface area contributed by atoms with Gasteiger partial charge in [-0.1, -0.05) is 54.1 Å². The maximum atomic E-state index is 12.3. The van der Waals surface area contributed by atoms with Gasteiger partial charge in [0.25, 0.3) is 5.91 Å². The average molecular weight is 385 g/mol. The van der Waals surface area contributed by atoms with E-state index in [4.69, 9.17) is 10.5 Å². The predicted molar refractivity (Wildman–Crippen MR) is 113 cm³/mol. The van der Waals surface area contributed by atoms with Crippen molar-refractivity contribution in [3.8, 4) is 11.6 Å². The molecule has 0 radical (unpaired) electrons. The van der Waals surface area contributed by atoms with E-state index in [9.17, 15) is 4.79 Å². The molecule has 7 nitrogen and oxygen atoms in total. The van der Waals surface area contributed by atoms with Crippen molar-refractivity contribution < 1.29 is 9.53 Å². The lowest BCUT2D eigenvalue weighted by Crippen LogP contribution is -2.30. The predicted octanol–water partition coefficient (Wildman–Crippen LogP) is 4.07. The van der Waals surface area contributed by atoms with Gasteiger partial charge in [-0.15, -0.1) is 0 Å². The van der Waals surface area contributed by atoms with Crippen LogP contribution in [-0.4, -0.2) is 15.9 Å². The second-order valence-electron chi connectivity index (χ2n) is 6.47. The number of carbonyl (C=O) groups excluding carboxylic acids is 1. The van der Waals surface area contributed by atoms with Crippen LogP contribution in [0.3, 0.4) is 0 Å². The first kappa shape index (κ1) is 18.2. The normalized spacial score (nSPS) is 10.5. The van der Waals surface area contributed by atoms with E-state index in [1.165, 1.54) is 6.33 Å². The Morgan fingerprint density at radius 3 is 2.55 bits per heavy atom. The van der Waals surface area contributed by atoms with E-state index in [2.05, 4.69) is 20.8 Å². The molecular formula is C22H19N5O2. The van der Waals surface area contributed by atoms with Gasteiger partial charge in [0, 0.05) is 10.9 Å². The highest BCUT2D eigenvalue weighted by atomic mass is 16.5. The number of nitrogens with one attached hydrogen (secondary N) is 2. The van der Waals surface area contributed by atoms with Crippen molar-refractivity contribution in [1.29, 1.82) is 0 Å². The first-order valence-electron chi connectivity index (χ1n) is 9.01. The van der Waals surface area contributed by atoms with Gasteiger partial charge in [-0.05, 0) is 30.5 Å². The van der Waals surface area contributed by atoms with Crippen LogP contribution in [-0.2, 0) is 0 Å². The number of fused-ring (bicyclic) bond motifs is 1. The molecule has 4 N–H and O–H groups in total. The van der Waals surface area contributed by atoms with Crippen LogP contribution in [0.15, 0.2) is 73.1 Å². The summed E-state index contributed by atoms with van der Waals surface area (Å²) in [6, 6.07) is 20.8. The molecule has 144 valence electrons. The Morgan fingerprint density at radius 1 is 0.966 bits per heavy atom. The number of carbonyl (C=O) groups is 1. The zero-order chi connectivity index (χ0) is 20.2. The van der Waals surface area contributed by atoms with Crippen molar-refractivity contribution in [3.05, 3.63) is 84.2 Å². The van der Waals surface area contributed by atoms with E-state index in [0.29, 0.717) is 11.3 Å². The molecule has 7 heteroatoms. The summed E-state index contributed by atoms with van der Waals surface area (Å²) in [7, 11) is 0. The van der Waals surface area contributed by atoms with Crippen LogP contribution in [0.4, 0.5) is 11.5 Å². The third-order valence-corrected chi connectivity index (χ3v) is 4.41. The fraction of sp³-hybridized carbons (Fsp3) is 0.0455. The van der Waals surface area contributed by atoms with Crippen LogP contribution in [0, 0.1) is 6.92 Å². The van der Waals surface area contributed by atoms with Gasteiger partial charge in [-0.2, -0.15) is 4.98 Å². The molecule has 0 aliphatic heterocycles. The lowest BCUT2D eigenvalue weighted by Gasteiger charge is -2.13. The Morgan fingerprint density at radius 2 is 1.72 bits per heavy atom. The summed E-state index contributed by atoms with van der Waals surface area (Å²) in [5.41, 5.74) is 13.2. The smallest absolute Gasteiger partial charge is 0.269 e. The van der Waals surface area contributed by atoms with E-state index < -0.39 is 0 Å². The largest absolute Gasteiger partial charge is 0.436 e. The minimum atomic E-state index is -0.306. The summed E-state index contributed by atoms with van der Waals surface area (Å²) in [6.07, 6.45) is 1.32. The molecule has 4 aromatic rings. The molecule has 29 heavy (non-hydrogen) atoms. The zero-order valence-corrected chi connectivity index (χ0v) is 15.7. The number of nitrogen functional groups attached to an aromatic ring is 1. The number of aromatic nitrogens is 2. The number of nitrogens with zero attached hydrogens (tertiary/aromatic N) is 2. The van der Waals surface area contributed by atoms with Gasteiger partial charge in [-0.25, -0.2) is 4.98 Å². The summed E-state index contributed by atoms with van der Waals surface area (Å²) >= 11 is 0. The topological polar surface area (TPSA) is 102 Å². The molecular weight excluding hydrogens is 366 g/mol. The minimum absolute atomic E-state index is 0.185. The standard InChI is InChI=1S/C22H19N5O2/c1-14-9-11-16(12-10-14)21(28)27-26-20-19(23)22(25-13-24-20)29-18-8-4-6-15-5-2-3-7-17(15)18/h2-13H,23H2,1H3,(H,27,28)(H,24,25,26). The number of amides is 1. The maximum Gasteiger partial charge on any atom is 0.269 e. The van der Waals surface area contributed by atoms with E-state index in [1.54, 1.807) is 12.1 Å². The Hall–Kier alpha value is -4.13. The molecule has 0 saturated carbocycles. The second kappa shape index (κ2) is 7.85. The number of hydrogen-bond acceptors (Lipinski definition) is 6.